The van der Waals surface area contributed by atoms with Crippen molar-refractivity contribution in [3.8, 4) is 17.2 Å². The average molecular weight is 565 g/mol. The van der Waals surface area contributed by atoms with Crippen molar-refractivity contribution in [2.24, 2.45) is 0 Å². The number of ether oxygens (including phenoxy) is 4. The molecule has 10 nitrogen and oxygen atoms in total. The van der Waals surface area contributed by atoms with Crippen LogP contribution in [0.15, 0.2) is 60.7 Å². The van der Waals surface area contributed by atoms with Gasteiger partial charge in [-0.1, -0.05) is 30.1 Å². The Kier molecular flexibility index (Phi) is 8.54. The molecule has 3 aromatic rings. The summed E-state index contributed by atoms with van der Waals surface area (Å²) in [5.41, 5.74) is 0.947. The minimum atomic E-state index is -1.09. The highest BCUT2D eigenvalue weighted by molar-refractivity contribution is 7.17. The molecule has 1 N–H and O–H groups in total. The Bertz CT molecular complexity index is 1490. The number of benzene rings is 2. The lowest BCUT2D eigenvalue weighted by Gasteiger charge is -2.23. The van der Waals surface area contributed by atoms with Crippen LogP contribution in [0.2, 0.25) is 0 Å². The lowest BCUT2D eigenvalue weighted by atomic mass is 9.95. The van der Waals surface area contributed by atoms with E-state index in [0.29, 0.717) is 40.7 Å². The zero-order valence-electron chi connectivity index (χ0n) is 22.4. The summed E-state index contributed by atoms with van der Waals surface area (Å²) in [7, 11) is 2.95. The van der Waals surface area contributed by atoms with Gasteiger partial charge in [-0.2, -0.15) is 0 Å². The van der Waals surface area contributed by atoms with Gasteiger partial charge in [-0.3, -0.25) is 14.5 Å². The Hall–Kier alpha value is -4.64. The third kappa shape index (κ3) is 5.28. The van der Waals surface area contributed by atoms with Crippen LogP contribution in [0.1, 0.15) is 39.5 Å². The van der Waals surface area contributed by atoms with Gasteiger partial charge in [-0.15, -0.1) is 0 Å². The topological polar surface area (TPSA) is 124 Å². The molecule has 1 unspecified atom stereocenters. The fourth-order valence-corrected chi connectivity index (χ4v) is 5.26. The summed E-state index contributed by atoms with van der Waals surface area (Å²) in [6.45, 7) is 7.46. The van der Waals surface area contributed by atoms with Crippen molar-refractivity contribution < 1.29 is 38.4 Å². The van der Waals surface area contributed by atoms with Gasteiger partial charge < -0.3 is 24.1 Å². The Morgan fingerprint density at radius 1 is 1.12 bits per heavy atom. The Balaban J connectivity index is 1.90. The molecule has 2 aromatic carbocycles. The number of carbonyl (C=O) groups is 3. The molecule has 1 aliphatic rings. The maximum atomic E-state index is 13.5. The van der Waals surface area contributed by atoms with Crippen molar-refractivity contribution in [2.45, 2.75) is 19.9 Å². The number of aryl methyl sites for hydroxylation is 1. The van der Waals surface area contributed by atoms with Crippen LogP contribution in [0.4, 0.5) is 5.13 Å². The van der Waals surface area contributed by atoms with Crippen molar-refractivity contribution in [2.75, 3.05) is 32.3 Å². The monoisotopic (exact) mass is 564 g/mol. The summed E-state index contributed by atoms with van der Waals surface area (Å²) in [4.78, 5) is 45.3. The second-order valence-electron chi connectivity index (χ2n) is 8.54. The van der Waals surface area contributed by atoms with Gasteiger partial charge in [0.05, 0.1) is 38.1 Å². The molecule has 0 saturated carbocycles. The molecule has 2 heterocycles. The largest absolute Gasteiger partial charge is 0.507 e. The molecule has 1 aromatic heterocycles. The molecular weight excluding hydrogens is 536 g/mol. The maximum Gasteiger partial charge on any atom is 0.350 e. The molecule has 1 aliphatic heterocycles. The number of hydrogen-bond donors (Lipinski definition) is 1. The van der Waals surface area contributed by atoms with Gasteiger partial charge in [0.2, 0.25) is 0 Å². The molecule has 1 amide bonds. The highest BCUT2D eigenvalue weighted by atomic mass is 32.1. The van der Waals surface area contributed by atoms with Crippen molar-refractivity contribution in [1.29, 1.82) is 0 Å². The van der Waals surface area contributed by atoms with E-state index in [4.69, 9.17) is 18.9 Å². The summed E-state index contributed by atoms with van der Waals surface area (Å²) in [5.74, 6) is -1.44. The van der Waals surface area contributed by atoms with E-state index in [9.17, 15) is 19.5 Å². The molecule has 208 valence electrons. The highest BCUT2D eigenvalue weighted by Gasteiger charge is 2.48. The molecule has 4 rings (SSSR count). The zero-order chi connectivity index (χ0) is 29.0. The van der Waals surface area contributed by atoms with Crippen molar-refractivity contribution in [3.05, 3.63) is 82.4 Å². The van der Waals surface area contributed by atoms with Crippen LogP contribution in [0, 0.1) is 6.92 Å². The first kappa shape index (κ1) is 28.4. The van der Waals surface area contributed by atoms with Gasteiger partial charge in [0.25, 0.3) is 5.78 Å². The second kappa shape index (κ2) is 12.0. The molecule has 0 bridgehead atoms. The molecular formula is C29H28N2O8S. The Labute approximate surface area is 235 Å². The van der Waals surface area contributed by atoms with Gasteiger partial charge in [-0.25, -0.2) is 9.78 Å². The van der Waals surface area contributed by atoms with Gasteiger partial charge in [0, 0.05) is 5.56 Å². The lowest BCUT2D eigenvalue weighted by Crippen LogP contribution is -2.29. The molecule has 0 spiro atoms. The molecule has 40 heavy (non-hydrogen) atoms. The number of anilines is 1. The van der Waals surface area contributed by atoms with Crippen LogP contribution in [0.25, 0.3) is 5.76 Å². The number of aliphatic hydroxyl groups excluding tert-OH is 1. The number of esters is 1. The van der Waals surface area contributed by atoms with E-state index < -0.39 is 23.7 Å². The summed E-state index contributed by atoms with van der Waals surface area (Å²) in [5, 5.41) is 11.5. The number of hydrogen-bond acceptors (Lipinski definition) is 10. The number of amides is 1. The maximum absolute atomic E-state index is 13.5. The van der Waals surface area contributed by atoms with Crippen LogP contribution in [0.3, 0.4) is 0 Å². The van der Waals surface area contributed by atoms with Crippen molar-refractivity contribution >= 4 is 39.9 Å². The van der Waals surface area contributed by atoms with E-state index in [0.717, 1.165) is 11.3 Å². The van der Waals surface area contributed by atoms with Crippen molar-refractivity contribution in [3.63, 3.8) is 0 Å². The van der Waals surface area contributed by atoms with Gasteiger partial charge >= 0.3 is 11.9 Å². The summed E-state index contributed by atoms with van der Waals surface area (Å²) in [6.07, 6.45) is 1.44. The molecule has 0 aliphatic carbocycles. The predicted molar refractivity (Wildman–Crippen MR) is 149 cm³/mol. The number of carbonyl (C=O) groups excluding carboxylic acids is 3. The molecule has 11 heteroatoms. The fraction of sp³-hybridized carbons (Fsp3) is 0.241. The van der Waals surface area contributed by atoms with Crippen LogP contribution in [-0.2, 0) is 14.3 Å². The first-order valence-corrected chi connectivity index (χ1v) is 13.1. The first-order valence-electron chi connectivity index (χ1n) is 12.3. The number of nitrogens with zero attached hydrogens (tertiary/aromatic N) is 2. The van der Waals surface area contributed by atoms with E-state index in [2.05, 4.69) is 11.6 Å². The Morgan fingerprint density at radius 3 is 2.45 bits per heavy atom. The predicted octanol–water partition coefficient (Wildman–Crippen LogP) is 4.84. The van der Waals surface area contributed by atoms with Gasteiger partial charge in [-0.05, 0) is 55.8 Å². The quantitative estimate of drug-likeness (QED) is 0.121. The van der Waals surface area contributed by atoms with Crippen LogP contribution >= 0.6 is 11.3 Å². The molecule has 1 saturated heterocycles. The fourth-order valence-electron chi connectivity index (χ4n) is 4.27. The average Bonchev–Trinajstić information content (AvgIpc) is 3.47. The minimum absolute atomic E-state index is 0.00372. The number of aromatic nitrogens is 1. The normalized spacial score (nSPS) is 16.1. The lowest BCUT2D eigenvalue weighted by molar-refractivity contribution is -0.132. The van der Waals surface area contributed by atoms with E-state index in [1.54, 1.807) is 49.4 Å². The third-order valence-corrected chi connectivity index (χ3v) is 7.25. The molecule has 1 fully saturated rings. The number of thiazole rings is 1. The second-order valence-corrected chi connectivity index (χ2v) is 9.52. The molecule has 1 atom stereocenters. The smallest absolute Gasteiger partial charge is 0.350 e. The van der Waals surface area contributed by atoms with E-state index >= 15 is 0 Å². The summed E-state index contributed by atoms with van der Waals surface area (Å²) < 4.78 is 21.4. The zero-order valence-corrected chi connectivity index (χ0v) is 23.2. The Morgan fingerprint density at radius 2 is 1.82 bits per heavy atom. The number of Topliss-reactive ketones (excluding diaryl/α,β-unsaturated/α-hetero) is 1. The number of methoxy groups -OCH3 is 2. The summed E-state index contributed by atoms with van der Waals surface area (Å²) >= 11 is 0.910. The molecule has 0 radical (unpaired) electrons. The standard InChI is InChI=1S/C29H28N2O8S/c1-6-14-39-28(35)26-16(3)30-29(40-26)31-23(18-10-13-20(36-4)21(15-18)37-5)22(25(33)27(31)34)24(32)17-8-11-19(12-9-17)38-7-2/h6,8-13,15,23,32H,1,7,14H2,2-5H3/b24-22-. The van der Waals surface area contributed by atoms with Gasteiger partial charge in [0.15, 0.2) is 16.6 Å². The highest BCUT2D eigenvalue weighted by Crippen LogP contribution is 2.45. The number of aliphatic hydroxyl groups is 1. The third-order valence-electron chi connectivity index (χ3n) is 6.12. The SMILES string of the molecule is C=CCOC(=O)c1sc(N2C(=O)C(=O)/C(=C(\O)c3ccc(OCC)cc3)C2c2ccc(OC)c(OC)c2)nc1C. The van der Waals surface area contributed by atoms with Crippen LogP contribution in [0.5, 0.6) is 17.2 Å². The summed E-state index contributed by atoms with van der Waals surface area (Å²) in [6, 6.07) is 10.3. The van der Waals surface area contributed by atoms with Crippen LogP contribution < -0.4 is 19.1 Å². The first-order chi connectivity index (χ1) is 19.2. The van der Waals surface area contributed by atoms with E-state index in [1.165, 1.54) is 25.2 Å². The van der Waals surface area contributed by atoms with Gasteiger partial charge in [0.1, 0.15) is 23.0 Å². The minimum Gasteiger partial charge on any atom is -0.507 e. The van der Waals surface area contributed by atoms with E-state index in [1.807, 2.05) is 6.92 Å². The number of rotatable bonds is 10. The number of ketones is 1. The van der Waals surface area contributed by atoms with Crippen molar-refractivity contribution in [1.82, 2.24) is 4.98 Å². The van der Waals surface area contributed by atoms with Crippen LogP contribution in [-0.4, -0.2) is 55.2 Å². The van der Waals surface area contributed by atoms with E-state index in [-0.39, 0.29) is 27.9 Å².